The lowest BCUT2D eigenvalue weighted by molar-refractivity contribution is 0.570. The van der Waals surface area contributed by atoms with Crippen molar-refractivity contribution >= 4 is 10.9 Å². The molecule has 112 valence electrons. The van der Waals surface area contributed by atoms with Crippen LogP contribution in [-0.2, 0) is 7.05 Å². The van der Waals surface area contributed by atoms with Gasteiger partial charge in [0.05, 0.1) is 22.6 Å². The standard InChI is InChI=1S/C17H18N4O/c1-11(18-2)16-20-15-10-12(14-6-4-5-9-19-14)7-8-13(15)17(22)21(16)3/h4-11,18H,1-3H3. The molecule has 0 aliphatic rings. The van der Waals surface area contributed by atoms with Crippen molar-refractivity contribution in [1.29, 1.82) is 0 Å². The second-order valence-corrected chi connectivity index (χ2v) is 5.29. The second-order valence-electron chi connectivity index (χ2n) is 5.29. The topological polar surface area (TPSA) is 59.8 Å². The Morgan fingerprint density at radius 1 is 1.23 bits per heavy atom. The Hall–Kier alpha value is -2.53. The van der Waals surface area contributed by atoms with Crippen molar-refractivity contribution in [3.8, 4) is 11.3 Å². The molecule has 1 aromatic carbocycles. The maximum absolute atomic E-state index is 12.5. The molecule has 1 N–H and O–H groups in total. The van der Waals surface area contributed by atoms with Gasteiger partial charge in [-0.1, -0.05) is 12.1 Å². The Balaban J connectivity index is 2.24. The Morgan fingerprint density at radius 3 is 2.73 bits per heavy atom. The molecule has 2 heterocycles. The summed E-state index contributed by atoms with van der Waals surface area (Å²) in [5.74, 6) is 0.721. The maximum atomic E-state index is 12.5. The van der Waals surface area contributed by atoms with Crippen LogP contribution in [0.15, 0.2) is 47.4 Å². The number of hydrogen-bond donors (Lipinski definition) is 1. The van der Waals surface area contributed by atoms with Gasteiger partial charge >= 0.3 is 0 Å². The lowest BCUT2D eigenvalue weighted by Gasteiger charge is -2.15. The van der Waals surface area contributed by atoms with Crippen LogP contribution in [0.2, 0.25) is 0 Å². The number of rotatable bonds is 3. The average molecular weight is 294 g/mol. The molecule has 3 rings (SSSR count). The number of benzene rings is 1. The maximum Gasteiger partial charge on any atom is 0.261 e. The quantitative estimate of drug-likeness (QED) is 0.805. The lowest BCUT2D eigenvalue weighted by atomic mass is 10.1. The van der Waals surface area contributed by atoms with Crippen molar-refractivity contribution in [3.05, 3.63) is 58.8 Å². The first kappa shape index (κ1) is 14.4. The largest absolute Gasteiger partial charge is 0.311 e. The third-order valence-corrected chi connectivity index (χ3v) is 3.89. The van der Waals surface area contributed by atoms with E-state index in [9.17, 15) is 4.79 Å². The molecule has 0 amide bonds. The van der Waals surface area contributed by atoms with Gasteiger partial charge in [0.2, 0.25) is 0 Å². The van der Waals surface area contributed by atoms with Crippen molar-refractivity contribution in [3.63, 3.8) is 0 Å². The van der Waals surface area contributed by atoms with Gasteiger partial charge in [-0.25, -0.2) is 4.98 Å². The third kappa shape index (κ3) is 2.40. The number of aromatic nitrogens is 3. The Morgan fingerprint density at radius 2 is 2.05 bits per heavy atom. The summed E-state index contributed by atoms with van der Waals surface area (Å²) in [6, 6.07) is 11.4. The number of nitrogens with zero attached hydrogens (tertiary/aromatic N) is 3. The van der Waals surface area contributed by atoms with Crippen LogP contribution in [0.3, 0.4) is 0 Å². The first-order chi connectivity index (χ1) is 10.6. The van der Waals surface area contributed by atoms with E-state index in [2.05, 4.69) is 15.3 Å². The van der Waals surface area contributed by atoms with Crippen molar-refractivity contribution in [2.24, 2.45) is 7.05 Å². The number of hydrogen-bond acceptors (Lipinski definition) is 4. The van der Waals surface area contributed by atoms with Crippen LogP contribution in [0.1, 0.15) is 18.8 Å². The summed E-state index contributed by atoms with van der Waals surface area (Å²) >= 11 is 0. The summed E-state index contributed by atoms with van der Waals surface area (Å²) < 4.78 is 1.60. The summed E-state index contributed by atoms with van der Waals surface area (Å²) in [6.07, 6.45) is 1.76. The number of fused-ring (bicyclic) bond motifs is 1. The molecule has 0 radical (unpaired) electrons. The van der Waals surface area contributed by atoms with Crippen molar-refractivity contribution in [2.75, 3.05) is 7.05 Å². The number of nitrogens with one attached hydrogen (secondary N) is 1. The molecular formula is C17H18N4O. The molecule has 0 aliphatic heterocycles. The highest BCUT2D eigenvalue weighted by atomic mass is 16.1. The fourth-order valence-corrected chi connectivity index (χ4v) is 2.50. The van der Waals surface area contributed by atoms with E-state index in [0.29, 0.717) is 10.9 Å². The first-order valence-electron chi connectivity index (χ1n) is 7.21. The molecule has 5 nitrogen and oxygen atoms in total. The van der Waals surface area contributed by atoms with Crippen LogP contribution in [0, 0.1) is 0 Å². The van der Waals surface area contributed by atoms with E-state index in [0.717, 1.165) is 17.1 Å². The summed E-state index contributed by atoms with van der Waals surface area (Å²) in [4.78, 5) is 21.5. The molecule has 2 aromatic heterocycles. The molecule has 0 fully saturated rings. The highest BCUT2D eigenvalue weighted by molar-refractivity contribution is 5.83. The smallest absolute Gasteiger partial charge is 0.261 e. The summed E-state index contributed by atoms with van der Waals surface area (Å²) in [5, 5.41) is 3.75. The van der Waals surface area contributed by atoms with Crippen molar-refractivity contribution < 1.29 is 0 Å². The molecule has 3 aromatic rings. The van der Waals surface area contributed by atoms with Gasteiger partial charge in [-0.3, -0.25) is 14.3 Å². The molecule has 0 saturated heterocycles. The molecular weight excluding hydrogens is 276 g/mol. The average Bonchev–Trinajstić information content (AvgIpc) is 2.57. The first-order valence-corrected chi connectivity index (χ1v) is 7.21. The van der Waals surface area contributed by atoms with E-state index in [4.69, 9.17) is 0 Å². The van der Waals surface area contributed by atoms with E-state index in [1.165, 1.54) is 0 Å². The Bertz CT molecular complexity index is 871. The second kappa shape index (κ2) is 5.69. The minimum Gasteiger partial charge on any atom is -0.311 e. The van der Waals surface area contributed by atoms with E-state index in [-0.39, 0.29) is 11.6 Å². The SMILES string of the molecule is CNC(C)c1nc2cc(-c3ccccn3)ccc2c(=O)n1C. The highest BCUT2D eigenvalue weighted by Gasteiger charge is 2.13. The molecule has 0 aliphatic carbocycles. The molecule has 5 heteroatoms. The van der Waals surface area contributed by atoms with Crippen molar-refractivity contribution in [2.45, 2.75) is 13.0 Å². The van der Waals surface area contributed by atoms with Gasteiger partial charge in [0.1, 0.15) is 5.82 Å². The van der Waals surface area contributed by atoms with Crippen LogP contribution < -0.4 is 10.9 Å². The van der Waals surface area contributed by atoms with E-state index in [1.807, 2.05) is 50.4 Å². The summed E-state index contributed by atoms with van der Waals surface area (Å²) in [7, 11) is 3.61. The van der Waals surface area contributed by atoms with E-state index < -0.39 is 0 Å². The van der Waals surface area contributed by atoms with Crippen molar-refractivity contribution in [1.82, 2.24) is 19.9 Å². The summed E-state index contributed by atoms with van der Waals surface area (Å²) in [6.45, 7) is 1.98. The van der Waals surface area contributed by atoms with Crippen LogP contribution in [0.5, 0.6) is 0 Å². The monoisotopic (exact) mass is 294 g/mol. The van der Waals surface area contributed by atoms with Gasteiger partial charge in [-0.05, 0) is 38.2 Å². The van der Waals surface area contributed by atoms with Gasteiger partial charge in [0, 0.05) is 18.8 Å². The van der Waals surface area contributed by atoms with Crippen LogP contribution in [0.25, 0.3) is 22.2 Å². The normalized spacial score (nSPS) is 12.5. The predicted octanol–water partition coefficient (Wildman–Crippen LogP) is 2.28. The number of pyridine rings is 1. The fourth-order valence-electron chi connectivity index (χ4n) is 2.50. The van der Waals surface area contributed by atoms with E-state index in [1.54, 1.807) is 17.8 Å². The zero-order valence-corrected chi connectivity index (χ0v) is 12.9. The molecule has 0 saturated carbocycles. The lowest BCUT2D eigenvalue weighted by Crippen LogP contribution is -2.27. The van der Waals surface area contributed by atoms with Gasteiger partial charge < -0.3 is 5.32 Å². The minimum atomic E-state index is -0.0327. The zero-order valence-electron chi connectivity index (χ0n) is 12.9. The van der Waals surface area contributed by atoms with Gasteiger partial charge in [-0.15, -0.1) is 0 Å². The predicted molar refractivity (Wildman–Crippen MR) is 87.7 cm³/mol. The van der Waals surface area contributed by atoms with Gasteiger partial charge in [-0.2, -0.15) is 0 Å². The summed E-state index contributed by atoms with van der Waals surface area (Å²) in [5.41, 5.74) is 2.49. The van der Waals surface area contributed by atoms with Crippen LogP contribution in [0.4, 0.5) is 0 Å². The van der Waals surface area contributed by atoms with Crippen LogP contribution >= 0.6 is 0 Å². The molecule has 1 atom stereocenters. The Kier molecular flexibility index (Phi) is 3.73. The van der Waals surface area contributed by atoms with Gasteiger partial charge in [0.15, 0.2) is 0 Å². The molecule has 1 unspecified atom stereocenters. The molecule has 0 spiro atoms. The molecule has 0 bridgehead atoms. The van der Waals surface area contributed by atoms with Crippen LogP contribution in [-0.4, -0.2) is 21.6 Å². The minimum absolute atomic E-state index is 0.000561. The van der Waals surface area contributed by atoms with E-state index >= 15 is 0 Å². The zero-order chi connectivity index (χ0) is 15.7. The Labute approximate surface area is 128 Å². The highest BCUT2D eigenvalue weighted by Crippen LogP contribution is 2.21. The van der Waals surface area contributed by atoms with Gasteiger partial charge in [0.25, 0.3) is 5.56 Å². The fraction of sp³-hybridized carbons (Fsp3) is 0.235. The third-order valence-electron chi connectivity index (χ3n) is 3.89. The molecule has 22 heavy (non-hydrogen) atoms.